The monoisotopic (exact) mass is 616 g/mol. The number of carbonyl (C=O) groups is 3. The van der Waals surface area contributed by atoms with Gasteiger partial charge in [0.05, 0.1) is 17.3 Å². The fraction of sp³-hybridized carbons (Fsp3) is 0.917. The smallest absolute Gasteiger partial charge is 0.302 e. The van der Waals surface area contributed by atoms with Crippen LogP contribution >= 0.6 is 0 Å². The molecule has 0 aromatic heterocycles. The lowest BCUT2D eigenvalue weighted by Gasteiger charge is -2.64. The predicted molar refractivity (Wildman–Crippen MR) is 163 cm³/mol. The van der Waals surface area contributed by atoms with E-state index in [1.165, 1.54) is 20.8 Å². The van der Waals surface area contributed by atoms with Crippen LogP contribution in [0.15, 0.2) is 0 Å². The zero-order valence-electron chi connectivity index (χ0n) is 28.7. The highest BCUT2D eigenvalue weighted by Gasteiger charge is 2.85. The van der Waals surface area contributed by atoms with Crippen molar-refractivity contribution in [2.24, 2.45) is 44.8 Å². The molecule has 0 bridgehead atoms. The van der Waals surface area contributed by atoms with Gasteiger partial charge in [-0.3, -0.25) is 14.4 Å². The highest BCUT2D eigenvalue weighted by Crippen LogP contribution is 2.89. The second-order valence-electron chi connectivity index (χ2n) is 17.6. The third kappa shape index (κ3) is 4.24. The third-order valence-corrected chi connectivity index (χ3v) is 14.6. The van der Waals surface area contributed by atoms with E-state index in [9.17, 15) is 19.5 Å². The summed E-state index contributed by atoms with van der Waals surface area (Å²) >= 11 is 0. The van der Waals surface area contributed by atoms with Crippen LogP contribution in [0.2, 0.25) is 0 Å². The number of esters is 3. The van der Waals surface area contributed by atoms with Crippen LogP contribution in [-0.4, -0.2) is 58.6 Å². The van der Waals surface area contributed by atoms with Crippen LogP contribution in [0.3, 0.4) is 0 Å². The zero-order valence-corrected chi connectivity index (χ0v) is 28.7. The van der Waals surface area contributed by atoms with E-state index in [1.54, 1.807) is 0 Å². The highest BCUT2D eigenvalue weighted by molar-refractivity contribution is 5.67. The molecular formula is C36H56O8. The van der Waals surface area contributed by atoms with Crippen molar-refractivity contribution in [3.05, 3.63) is 0 Å². The molecule has 6 rings (SSSR count). The lowest BCUT2D eigenvalue weighted by atomic mass is 9.41. The Morgan fingerprint density at radius 2 is 1.36 bits per heavy atom. The molecule has 0 amide bonds. The van der Waals surface area contributed by atoms with E-state index in [0.717, 1.165) is 57.8 Å². The van der Waals surface area contributed by atoms with E-state index in [1.807, 2.05) is 13.8 Å². The fourth-order valence-electron chi connectivity index (χ4n) is 13.1. The van der Waals surface area contributed by atoms with Gasteiger partial charge in [-0.1, -0.05) is 27.7 Å². The zero-order chi connectivity index (χ0) is 32.5. The Labute approximate surface area is 263 Å². The highest BCUT2D eigenvalue weighted by atomic mass is 16.6. The minimum Gasteiger partial charge on any atom is -0.462 e. The molecule has 5 saturated carbocycles. The number of aliphatic hydroxyl groups is 1. The van der Waals surface area contributed by atoms with Gasteiger partial charge in [-0.25, -0.2) is 0 Å². The Kier molecular flexibility index (Phi) is 7.10. The van der Waals surface area contributed by atoms with Gasteiger partial charge in [0, 0.05) is 38.0 Å². The molecule has 12 atom stereocenters. The first-order chi connectivity index (χ1) is 20.2. The van der Waals surface area contributed by atoms with Gasteiger partial charge < -0.3 is 24.1 Å². The molecule has 0 aromatic carbocycles. The van der Waals surface area contributed by atoms with E-state index in [0.29, 0.717) is 0 Å². The summed E-state index contributed by atoms with van der Waals surface area (Å²) in [5.41, 5.74) is -2.07. The summed E-state index contributed by atoms with van der Waals surface area (Å²) in [6.07, 6.45) is 7.01. The first-order valence-electron chi connectivity index (χ1n) is 17.1. The molecule has 5 aliphatic carbocycles. The van der Waals surface area contributed by atoms with E-state index < -0.39 is 11.2 Å². The molecule has 2 spiro atoms. The minimum atomic E-state index is -0.956. The molecule has 0 aromatic rings. The Bertz CT molecular complexity index is 1240. The number of hydrogen-bond donors (Lipinski definition) is 1. The van der Waals surface area contributed by atoms with Crippen molar-refractivity contribution in [2.45, 2.75) is 163 Å². The third-order valence-electron chi connectivity index (χ3n) is 14.6. The Morgan fingerprint density at radius 3 is 1.93 bits per heavy atom. The topological polar surface area (TPSA) is 108 Å². The van der Waals surface area contributed by atoms with E-state index in [4.69, 9.17) is 18.9 Å². The van der Waals surface area contributed by atoms with Crippen molar-refractivity contribution in [2.75, 3.05) is 0 Å². The molecule has 8 heteroatoms. The molecule has 0 radical (unpaired) electrons. The van der Waals surface area contributed by atoms with Crippen molar-refractivity contribution in [3.8, 4) is 0 Å². The molecular weight excluding hydrogens is 560 g/mol. The average Bonchev–Trinajstić information content (AvgIpc) is 3.21. The number of rotatable bonds is 5. The van der Waals surface area contributed by atoms with Gasteiger partial charge in [-0.2, -0.15) is 0 Å². The molecule has 1 N–H and O–H groups in total. The van der Waals surface area contributed by atoms with E-state index >= 15 is 0 Å². The number of hydrogen-bond acceptors (Lipinski definition) is 8. The number of fused-ring (bicyclic) bond motifs is 2. The molecule has 8 nitrogen and oxygen atoms in total. The number of carbonyl (C=O) groups excluding carboxylic acids is 3. The van der Waals surface area contributed by atoms with Crippen LogP contribution in [0.25, 0.3) is 0 Å². The quantitative estimate of drug-likeness (QED) is 0.290. The van der Waals surface area contributed by atoms with Gasteiger partial charge in [-0.05, 0) is 106 Å². The SMILES string of the molecule is CC(=O)O[C@H]1C[C@@H]2[C@]3(CC[C@]4(C)[C@@H]([C@]5(C)CC[C@H](C(C)(C)O)O5)[C@H](OC(C)=O)C[C@@]24C)C[C@@]32CC[C@@H](OC(C)=O)C(C)(C)[C@@H]12. The van der Waals surface area contributed by atoms with E-state index in [-0.39, 0.29) is 87.2 Å². The largest absolute Gasteiger partial charge is 0.462 e. The lowest BCUT2D eigenvalue weighted by molar-refractivity contribution is -0.224. The summed E-state index contributed by atoms with van der Waals surface area (Å²) < 4.78 is 25.3. The maximum absolute atomic E-state index is 12.7. The molecule has 6 aliphatic rings. The Morgan fingerprint density at radius 1 is 0.750 bits per heavy atom. The van der Waals surface area contributed by atoms with Crippen molar-refractivity contribution in [1.82, 2.24) is 0 Å². The lowest BCUT2D eigenvalue weighted by Crippen LogP contribution is -2.63. The van der Waals surface area contributed by atoms with Crippen molar-refractivity contribution >= 4 is 17.9 Å². The molecule has 1 saturated heterocycles. The Hall–Kier alpha value is -1.67. The second-order valence-corrected chi connectivity index (χ2v) is 17.6. The van der Waals surface area contributed by atoms with Crippen molar-refractivity contribution in [3.63, 3.8) is 0 Å². The molecule has 44 heavy (non-hydrogen) atoms. The molecule has 1 heterocycles. The summed E-state index contributed by atoms with van der Waals surface area (Å²) in [4.78, 5) is 37.4. The summed E-state index contributed by atoms with van der Waals surface area (Å²) in [5.74, 6) is -0.426. The summed E-state index contributed by atoms with van der Waals surface area (Å²) in [6.45, 7) is 19.6. The minimum absolute atomic E-state index is 0.0231. The molecule has 248 valence electrons. The Balaban J connectivity index is 1.42. The van der Waals surface area contributed by atoms with Crippen molar-refractivity contribution in [1.29, 1.82) is 0 Å². The van der Waals surface area contributed by atoms with Gasteiger partial charge in [0.15, 0.2) is 0 Å². The maximum Gasteiger partial charge on any atom is 0.302 e. The van der Waals surface area contributed by atoms with Gasteiger partial charge in [0.1, 0.15) is 18.3 Å². The fourth-order valence-corrected chi connectivity index (χ4v) is 13.1. The molecule has 0 unspecified atom stereocenters. The number of ether oxygens (including phenoxy) is 4. The standard InChI is InChI=1S/C36H56O8/c1-20(37)41-23-17-25-33(9)18-24(42-21(2)38)29(34(10)13-11-27(44-34)31(6,7)40)32(33,8)15-16-35(25)19-36(35)14-12-26(43-22(3)39)30(4,5)28(23)36/h23-29,40H,11-19H2,1-10H3/t23-,24+,25-,26+,27+,28+,29-,32+,33-,34-,35-,36+/m0/s1. The van der Waals surface area contributed by atoms with Crippen LogP contribution in [0, 0.1) is 44.8 Å². The van der Waals surface area contributed by atoms with Crippen molar-refractivity contribution < 1.29 is 38.4 Å². The van der Waals surface area contributed by atoms with Gasteiger partial charge in [0.2, 0.25) is 0 Å². The predicted octanol–water partition coefficient (Wildman–Crippen LogP) is 6.15. The second kappa shape index (κ2) is 9.68. The molecule has 6 fully saturated rings. The van der Waals surface area contributed by atoms with E-state index in [2.05, 4.69) is 34.6 Å². The first kappa shape index (κ1) is 32.3. The van der Waals surface area contributed by atoms with Gasteiger partial charge >= 0.3 is 17.9 Å². The normalized spacial score (nSPS) is 50.4. The van der Waals surface area contributed by atoms with Crippen LogP contribution in [0.5, 0.6) is 0 Å². The van der Waals surface area contributed by atoms with Crippen LogP contribution in [-0.2, 0) is 33.3 Å². The molecule has 1 aliphatic heterocycles. The van der Waals surface area contributed by atoms with Crippen LogP contribution in [0.4, 0.5) is 0 Å². The summed E-state index contributed by atoms with van der Waals surface area (Å²) in [6, 6.07) is 0. The van der Waals surface area contributed by atoms with Crippen LogP contribution in [0.1, 0.15) is 127 Å². The first-order valence-corrected chi connectivity index (χ1v) is 17.1. The van der Waals surface area contributed by atoms with Gasteiger partial charge in [-0.15, -0.1) is 0 Å². The summed E-state index contributed by atoms with van der Waals surface area (Å²) in [5, 5.41) is 10.9. The van der Waals surface area contributed by atoms with Crippen LogP contribution < -0.4 is 0 Å². The maximum atomic E-state index is 12.7. The average molecular weight is 617 g/mol. The summed E-state index contributed by atoms with van der Waals surface area (Å²) in [7, 11) is 0. The van der Waals surface area contributed by atoms with Gasteiger partial charge in [0.25, 0.3) is 0 Å².